The van der Waals surface area contributed by atoms with Gasteiger partial charge in [0.15, 0.2) is 5.83 Å². The Kier molecular flexibility index (Phi) is 9.53. The molecule has 0 spiro atoms. The van der Waals surface area contributed by atoms with Crippen LogP contribution in [0.4, 0.5) is 4.39 Å². The number of methoxy groups -OCH3 is 1. The van der Waals surface area contributed by atoms with Crippen molar-refractivity contribution >= 4 is 21.6 Å². The van der Waals surface area contributed by atoms with Crippen LogP contribution in [0.15, 0.2) is 33.9 Å². The topological polar surface area (TPSA) is 140 Å². The molecule has 0 aliphatic heterocycles. The lowest BCUT2D eigenvalue weighted by molar-refractivity contribution is -0.0242. The van der Waals surface area contributed by atoms with Crippen LogP contribution in [0.5, 0.6) is 0 Å². The van der Waals surface area contributed by atoms with Gasteiger partial charge in [-0.05, 0) is 39.8 Å². The van der Waals surface area contributed by atoms with Crippen molar-refractivity contribution in [2.45, 2.75) is 64.8 Å². The van der Waals surface area contributed by atoms with E-state index in [0.717, 1.165) is 15.9 Å². The second-order valence-corrected chi connectivity index (χ2v) is 10.9. The van der Waals surface area contributed by atoms with Crippen LogP contribution in [-0.2, 0) is 22.6 Å². The lowest BCUT2D eigenvalue weighted by atomic mass is 9.92. The number of aryl methyl sites for hydroxylation is 1. The van der Waals surface area contributed by atoms with E-state index in [0.29, 0.717) is 15.4 Å². The first kappa shape index (κ1) is 30.3. The summed E-state index contributed by atoms with van der Waals surface area (Å²) in [4.78, 5) is 31.2. The molecule has 3 aromatic heterocycles. The number of nitriles is 1. The van der Waals surface area contributed by atoms with Gasteiger partial charge in [-0.25, -0.2) is 4.79 Å². The lowest BCUT2D eigenvalue weighted by Gasteiger charge is -2.30. The van der Waals surface area contributed by atoms with Gasteiger partial charge in [0, 0.05) is 24.6 Å². The Labute approximate surface area is 239 Å². The van der Waals surface area contributed by atoms with Gasteiger partial charge in [0.25, 0.3) is 5.56 Å². The van der Waals surface area contributed by atoms with Crippen LogP contribution in [0, 0.1) is 36.0 Å². The normalized spacial score (nSPS) is 18.3. The zero-order valence-electron chi connectivity index (χ0n) is 23.4. The van der Waals surface area contributed by atoms with Gasteiger partial charge >= 0.3 is 5.69 Å². The molecule has 4 unspecified atom stereocenters. The maximum Gasteiger partial charge on any atom is 0.332 e. The molecule has 3 heterocycles. The van der Waals surface area contributed by atoms with Crippen molar-refractivity contribution in [3.8, 4) is 22.9 Å². The Bertz CT molecular complexity index is 1640. The van der Waals surface area contributed by atoms with Crippen molar-refractivity contribution in [1.82, 2.24) is 29.0 Å². The van der Waals surface area contributed by atoms with E-state index in [-0.39, 0.29) is 37.5 Å². The third kappa shape index (κ3) is 6.17. The predicted molar refractivity (Wildman–Crippen MR) is 150 cm³/mol. The van der Waals surface area contributed by atoms with E-state index in [9.17, 15) is 19.1 Å². The van der Waals surface area contributed by atoms with Crippen LogP contribution in [0.3, 0.4) is 0 Å². The fourth-order valence-electron chi connectivity index (χ4n) is 4.63. The minimum atomic E-state index is -1.12. The lowest BCUT2D eigenvalue weighted by Crippen LogP contribution is -2.48. The van der Waals surface area contributed by atoms with Crippen LogP contribution < -0.4 is 11.2 Å². The summed E-state index contributed by atoms with van der Waals surface area (Å²) in [6.45, 7) is 5.14. The summed E-state index contributed by atoms with van der Waals surface area (Å²) in [6, 6.07) is 1.96. The summed E-state index contributed by atoms with van der Waals surface area (Å²) in [5.41, 5.74) is -0.670. The van der Waals surface area contributed by atoms with Gasteiger partial charge in [0.05, 0.1) is 56.1 Å². The molecule has 0 fully saturated rings. The molecule has 0 amide bonds. The molecule has 14 heteroatoms. The number of ether oxygens (including phenoxy) is 2. The highest BCUT2D eigenvalue weighted by Crippen LogP contribution is 2.31. The third-order valence-electron chi connectivity index (χ3n) is 7.11. The first-order chi connectivity index (χ1) is 19.6. The Morgan fingerprint density at radius 1 is 1.27 bits per heavy atom. The van der Waals surface area contributed by atoms with Crippen molar-refractivity contribution in [3.63, 3.8) is 0 Å². The summed E-state index contributed by atoms with van der Waals surface area (Å²) in [5, 5.41) is 29.1. The molecule has 0 radical (unpaired) electrons. The fourth-order valence-corrected chi connectivity index (χ4v) is 5.85. The SMILES string of the molecule is COC1C#CC(F)=CC1C(Cn1c(=O)n(CC(O)N(C)C(C)C)c(=O)c2c(C)c(-n3nccn3)sc21)OCCC#N. The molecule has 0 aromatic carbocycles. The first-order valence-electron chi connectivity index (χ1n) is 13.0. The molecule has 0 saturated carbocycles. The van der Waals surface area contributed by atoms with Crippen molar-refractivity contribution in [2.24, 2.45) is 5.92 Å². The summed E-state index contributed by atoms with van der Waals surface area (Å²) in [5.74, 6) is 3.73. The monoisotopic (exact) mass is 585 g/mol. The van der Waals surface area contributed by atoms with Crippen molar-refractivity contribution in [3.05, 3.63) is 50.7 Å². The van der Waals surface area contributed by atoms with Gasteiger partial charge in [-0.3, -0.25) is 18.8 Å². The van der Waals surface area contributed by atoms with Gasteiger partial charge in [0.1, 0.15) is 22.2 Å². The van der Waals surface area contributed by atoms with E-state index < -0.39 is 41.4 Å². The molecule has 0 bridgehead atoms. The highest BCUT2D eigenvalue weighted by molar-refractivity contribution is 7.21. The minimum absolute atomic E-state index is 0.0261. The highest BCUT2D eigenvalue weighted by atomic mass is 32.1. The number of aromatic nitrogens is 5. The van der Waals surface area contributed by atoms with Gasteiger partial charge in [-0.2, -0.15) is 19.8 Å². The largest absolute Gasteiger partial charge is 0.376 e. The Balaban J connectivity index is 1.91. The summed E-state index contributed by atoms with van der Waals surface area (Å²) >= 11 is 1.16. The molecule has 1 N–H and O–H groups in total. The van der Waals surface area contributed by atoms with E-state index in [4.69, 9.17) is 14.7 Å². The molecule has 4 atom stereocenters. The van der Waals surface area contributed by atoms with Crippen LogP contribution >= 0.6 is 11.3 Å². The molecule has 4 rings (SSSR count). The fraction of sp³-hybridized carbons (Fsp3) is 0.519. The zero-order valence-corrected chi connectivity index (χ0v) is 24.3. The molecule has 218 valence electrons. The number of hydrogen-bond acceptors (Lipinski definition) is 10. The zero-order chi connectivity index (χ0) is 29.8. The number of aliphatic hydroxyl groups excluding tert-OH is 1. The van der Waals surface area contributed by atoms with Crippen LogP contribution in [0.2, 0.25) is 0 Å². The first-order valence-corrected chi connectivity index (χ1v) is 13.8. The second-order valence-electron chi connectivity index (χ2n) is 9.91. The average molecular weight is 586 g/mol. The number of allylic oxidation sites excluding steroid dienone is 1. The minimum Gasteiger partial charge on any atom is -0.376 e. The van der Waals surface area contributed by atoms with E-state index >= 15 is 0 Å². The van der Waals surface area contributed by atoms with E-state index in [2.05, 4.69) is 22.0 Å². The number of likely N-dealkylation sites (N-methyl/N-ethyl adjacent to an activating group) is 1. The van der Waals surface area contributed by atoms with E-state index in [1.165, 1.54) is 34.9 Å². The molecular weight excluding hydrogens is 553 g/mol. The number of thiophene rings is 1. The van der Waals surface area contributed by atoms with Crippen LogP contribution in [0.25, 0.3) is 15.2 Å². The number of nitrogens with zero attached hydrogens (tertiary/aromatic N) is 7. The van der Waals surface area contributed by atoms with Gasteiger partial charge in [-0.1, -0.05) is 17.3 Å². The molecule has 0 saturated heterocycles. The molecule has 12 nitrogen and oxygen atoms in total. The van der Waals surface area contributed by atoms with Gasteiger partial charge < -0.3 is 14.6 Å². The van der Waals surface area contributed by atoms with Gasteiger partial charge in [-0.15, -0.1) is 4.80 Å². The maximum absolute atomic E-state index is 14.3. The van der Waals surface area contributed by atoms with Crippen molar-refractivity contribution < 1.29 is 19.0 Å². The molecule has 1 aliphatic carbocycles. The Morgan fingerprint density at radius 3 is 2.61 bits per heavy atom. The average Bonchev–Trinajstić information content (AvgIpc) is 3.60. The summed E-state index contributed by atoms with van der Waals surface area (Å²) in [7, 11) is 3.14. The Hall–Kier alpha value is -3.66. The number of halogens is 1. The summed E-state index contributed by atoms with van der Waals surface area (Å²) in [6.07, 6.45) is 1.67. The number of hydrogen-bond donors (Lipinski definition) is 1. The summed E-state index contributed by atoms with van der Waals surface area (Å²) < 4.78 is 28.2. The van der Waals surface area contributed by atoms with Crippen LogP contribution in [0.1, 0.15) is 25.8 Å². The third-order valence-corrected chi connectivity index (χ3v) is 8.39. The predicted octanol–water partition coefficient (Wildman–Crippen LogP) is 1.57. The van der Waals surface area contributed by atoms with Crippen LogP contribution in [-0.4, -0.2) is 79.4 Å². The second kappa shape index (κ2) is 12.9. The van der Waals surface area contributed by atoms with E-state index in [1.54, 1.807) is 18.9 Å². The number of rotatable bonds is 12. The number of fused-ring (bicyclic) bond motifs is 1. The molecule has 41 heavy (non-hydrogen) atoms. The smallest absolute Gasteiger partial charge is 0.332 e. The van der Waals surface area contributed by atoms with Crippen molar-refractivity contribution in [2.75, 3.05) is 20.8 Å². The molecular formula is C27H32FN7O5S. The van der Waals surface area contributed by atoms with Crippen molar-refractivity contribution in [1.29, 1.82) is 5.26 Å². The quantitative estimate of drug-likeness (QED) is 0.191. The molecule has 3 aromatic rings. The van der Waals surface area contributed by atoms with E-state index in [1.807, 2.05) is 19.9 Å². The Morgan fingerprint density at radius 2 is 1.98 bits per heavy atom. The highest BCUT2D eigenvalue weighted by Gasteiger charge is 2.33. The molecule has 1 aliphatic rings. The van der Waals surface area contributed by atoms with Gasteiger partial charge in [0.2, 0.25) is 0 Å². The number of aliphatic hydroxyl groups is 1. The maximum atomic E-state index is 14.3. The standard InChI is InChI=1S/C27H32FN7O5S/c1-16(2)32(4)22(36)15-33-24(37)23-17(3)25(35-30-10-11-31-35)41-26(23)34(27(33)38)14-21(40-12-6-9-29)19-13-18(28)7-8-20(19)39-5/h10-11,13,16,19-22,36H,6,12,14-15H2,1-5H3.